The molecule has 4 heterocycles. The summed E-state index contributed by atoms with van der Waals surface area (Å²) in [6.07, 6.45) is -0.528. The predicted molar refractivity (Wildman–Crippen MR) is 190 cm³/mol. The van der Waals surface area contributed by atoms with E-state index in [0.717, 1.165) is 33.7 Å². The lowest BCUT2D eigenvalue weighted by Crippen LogP contribution is -2.37. The fourth-order valence-corrected chi connectivity index (χ4v) is 9.74. The van der Waals surface area contributed by atoms with Gasteiger partial charge in [-0.25, -0.2) is 18.1 Å². The molecule has 0 aliphatic carbocycles. The van der Waals surface area contributed by atoms with Crippen LogP contribution in [0.1, 0.15) is 77.9 Å². The molecule has 0 saturated carbocycles. The Labute approximate surface area is 299 Å². The molecule has 2 atom stereocenters. The maximum atomic E-state index is 14.1. The Morgan fingerprint density at radius 1 is 1.12 bits per heavy atom. The van der Waals surface area contributed by atoms with Crippen molar-refractivity contribution in [3.05, 3.63) is 92.7 Å². The largest absolute Gasteiger partial charge is 0.416 e. The molecule has 5 aromatic rings. The van der Waals surface area contributed by atoms with Gasteiger partial charge in [0.25, 0.3) is 0 Å². The van der Waals surface area contributed by atoms with E-state index in [4.69, 9.17) is 4.98 Å². The molecule has 0 spiro atoms. The molecule has 15 heteroatoms. The van der Waals surface area contributed by atoms with Gasteiger partial charge < -0.3 is 5.32 Å². The lowest BCUT2D eigenvalue weighted by molar-refractivity contribution is -0.137. The summed E-state index contributed by atoms with van der Waals surface area (Å²) in [4.78, 5) is 23.7. The summed E-state index contributed by atoms with van der Waals surface area (Å²) in [5, 5.41) is 12.3. The number of rotatable bonds is 9. The monoisotopic (exact) mass is 739 g/mol. The number of aryl methyl sites for hydroxylation is 3. The van der Waals surface area contributed by atoms with Gasteiger partial charge in [-0.3, -0.25) is 9.78 Å². The predicted octanol–water partition coefficient (Wildman–Crippen LogP) is 7.51. The minimum absolute atomic E-state index is 0.107. The van der Waals surface area contributed by atoms with Crippen molar-refractivity contribution in [3.63, 3.8) is 0 Å². The van der Waals surface area contributed by atoms with Crippen molar-refractivity contribution in [3.8, 4) is 0 Å². The molecule has 1 amide bonds. The van der Waals surface area contributed by atoms with Crippen molar-refractivity contribution < 1.29 is 26.4 Å². The van der Waals surface area contributed by atoms with Crippen LogP contribution in [0.5, 0.6) is 0 Å². The van der Waals surface area contributed by atoms with E-state index in [9.17, 15) is 26.4 Å². The molecule has 1 aliphatic heterocycles. The Kier molecular flexibility index (Phi) is 9.85. The molecule has 10 nitrogen and oxygen atoms in total. The summed E-state index contributed by atoms with van der Waals surface area (Å²) in [5.74, 6) is -0.975. The first-order valence-corrected chi connectivity index (χ1v) is 19.0. The minimum atomic E-state index is -4.69. The summed E-state index contributed by atoms with van der Waals surface area (Å²) in [6, 6.07) is 10.4. The van der Waals surface area contributed by atoms with Gasteiger partial charge in [0.15, 0.2) is 0 Å². The van der Waals surface area contributed by atoms with E-state index < -0.39 is 33.1 Å². The molecular weight excluding hydrogens is 700 g/mol. The second kappa shape index (κ2) is 13.7. The third-order valence-electron chi connectivity index (χ3n) is 9.86. The summed E-state index contributed by atoms with van der Waals surface area (Å²) in [7, 11) is -4.32. The Morgan fingerprint density at radius 2 is 1.88 bits per heavy atom. The SMILES string of the molecule is CC[C@H]1Cc2ccc(C(F)(F)F)cc2S(=O)(=O)N(Cc2nc(C(c3ccc4c(nnn4CC)c3C)C(C)(C)C(=O)Nc3cccnc3)sc2C)C1. The first-order chi connectivity index (χ1) is 24.1. The second-order valence-electron chi connectivity index (χ2n) is 13.6. The summed E-state index contributed by atoms with van der Waals surface area (Å²) in [6.45, 7) is 12.0. The number of halogens is 3. The third-order valence-corrected chi connectivity index (χ3v) is 12.8. The maximum absolute atomic E-state index is 14.1. The molecule has 0 bridgehead atoms. The number of hydrogen-bond donors (Lipinski definition) is 1. The van der Waals surface area contributed by atoms with Crippen LogP contribution >= 0.6 is 11.3 Å². The number of benzene rings is 2. The average Bonchev–Trinajstić information content (AvgIpc) is 3.65. The van der Waals surface area contributed by atoms with Crippen LogP contribution in [0.2, 0.25) is 0 Å². The van der Waals surface area contributed by atoms with Gasteiger partial charge in [0.2, 0.25) is 15.9 Å². The van der Waals surface area contributed by atoms with Crippen LogP contribution in [0.4, 0.5) is 18.9 Å². The molecule has 270 valence electrons. The maximum Gasteiger partial charge on any atom is 0.416 e. The van der Waals surface area contributed by atoms with Crippen LogP contribution in [0.15, 0.2) is 59.8 Å². The van der Waals surface area contributed by atoms with E-state index in [1.54, 1.807) is 29.2 Å². The van der Waals surface area contributed by atoms with Crippen LogP contribution < -0.4 is 5.32 Å². The standard InChI is InChI=1S/C36H40F3N7O3S2/c1-7-23-16-24-11-12-25(36(37,38)39)17-30(24)51(48,49)45(19-23)20-28-22(4)50-33(42-28)31(35(5,6)34(47)41-26-10-9-15-40-18-26)27-13-14-29-32(21(27)3)43-44-46(29)8-2/h9-15,17-18,23,31H,7-8,16,19-20H2,1-6H3,(H,41,47)/t23-,31?/m0/s1. The molecule has 1 aliphatic rings. The summed E-state index contributed by atoms with van der Waals surface area (Å²) in [5.41, 5.74) is 2.51. The molecule has 51 heavy (non-hydrogen) atoms. The van der Waals surface area contributed by atoms with Crippen molar-refractivity contribution in [1.29, 1.82) is 0 Å². The number of pyridine rings is 1. The van der Waals surface area contributed by atoms with Gasteiger partial charge in [0.1, 0.15) is 10.5 Å². The van der Waals surface area contributed by atoms with Crippen molar-refractivity contribution in [1.82, 2.24) is 29.3 Å². The number of hydrogen-bond acceptors (Lipinski definition) is 8. The average molecular weight is 740 g/mol. The first-order valence-electron chi connectivity index (χ1n) is 16.8. The number of nitrogens with zero attached hydrogens (tertiary/aromatic N) is 6. The van der Waals surface area contributed by atoms with Crippen molar-refractivity contribution in [2.45, 2.75) is 84.5 Å². The highest BCUT2D eigenvalue weighted by molar-refractivity contribution is 7.89. The van der Waals surface area contributed by atoms with E-state index in [1.807, 2.05) is 53.7 Å². The molecule has 2 aromatic carbocycles. The van der Waals surface area contributed by atoms with Crippen LogP contribution in [0, 0.1) is 25.2 Å². The lowest BCUT2D eigenvalue weighted by atomic mass is 9.73. The number of carbonyl (C=O) groups is 1. The van der Waals surface area contributed by atoms with Gasteiger partial charge >= 0.3 is 6.18 Å². The first kappa shape index (κ1) is 36.6. The van der Waals surface area contributed by atoms with Crippen LogP contribution in [-0.4, -0.2) is 50.1 Å². The van der Waals surface area contributed by atoms with E-state index in [-0.39, 0.29) is 29.8 Å². The van der Waals surface area contributed by atoms with E-state index >= 15 is 0 Å². The van der Waals surface area contributed by atoms with Crippen molar-refractivity contribution in [2.24, 2.45) is 11.3 Å². The van der Waals surface area contributed by atoms with Gasteiger partial charge in [0, 0.05) is 24.2 Å². The molecule has 1 N–H and O–H groups in total. The Balaban J connectivity index is 1.44. The second-order valence-corrected chi connectivity index (χ2v) is 16.7. The van der Waals surface area contributed by atoms with Crippen LogP contribution in [0.3, 0.4) is 0 Å². The summed E-state index contributed by atoms with van der Waals surface area (Å²) < 4.78 is 72.5. The Morgan fingerprint density at radius 3 is 2.55 bits per heavy atom. The normalized spacial score (nSPS) is 17.2. The summed E-state index contributed by atoms with van der Waals surface area (Å²) >= 11 is 1.37. The number of sulfonamides is 1. The topological polar surface area (TPSA) is 123 Å². The lowest BCUT2D eigenvalue weighted by Gasteiger charge is -2.33. The number of aromatic nitrogens is 5. The van der Waals surface area contributed by atoms with Crippen molar-refractivity contribution in [2.75, 3.05) is 11.9 Å². The molecule has 0 radical (unpaired) electrons. The number of carbonyl (C=O) groups excluding carboxylic acids is 1. The highest BCUT2D eigenvalue weighted by atomic mass is 32.2. The number of anilines is 1. The smallest absolute Gasteiger partial charge is 0.324 e. The molecule has 1 unspecified atom stereocenters. The third kappa shape index (κ3) is 6.90. The van der Waals surface area contributed by atoms with Gasteiger partial charge in [-0.1, -0.05) is 44.5 Å². The van der Waals surface area contributed by atoms with E-state index in [0.29, 0.717) is 46.9 Å². The zero-order chi connectivity index (χ0) is 36.9. The van der Waals surface area contributed by atoms with Crippen LogP contribution in [-0.2, 0) is 40.5 Å². The molecule has 0 fully saturated rings. The van der Waals surface area contributed by atoms with Crippen molar-refractivity contribution >= 4 is 44.0 Å². The van der Waals surface area contributed by atoms with Gasteiger partial charge in [-0.2, -0.15) is 17.5 Å². The highest BCUT2D eigenvalue weighted by Gasteiger charge is 2.43. The molecule has 3 aromatic heterocycles. The molecule has 6 rings (SSSR count). The van der Waals surface area contributed by atoms with Gasteiger partial charge in [-0.15, -0.1) is 16.4 Å². The number of thiazole rings is 1. The number of alkyl halides is 3. The van der Waals surface area contributed by atoms with Crippen LogP contribution in [0.25, 0.3) is 11.0 Å². The number of nitrogens with one attached hydrogen (secondary N) is 1. The highest BCUT2D eigenvalue weighted by Crippen LogP contribution is 2.46. The fraction of sp³-hybridized carbons (Fsp3) is 0.417. The van der Waals surface area contributed by atoms with E-state index in [1.165, 1.54) is 21.7 Å². The Hall–Kier alpha value is -4.21. The van der Waals surface area contributed by atoms with Gasteiger partial charge in [-0.05, 0) is 80.1 Å². The molecular formula is C36H40F3N7O3S2. The quantitative estimate of drug-likeness (QED) is 0.166. The zero-order valence-electron chi connectivity index (χ0n) is 29.2. The van der Waals surface area contributed by atoms with E-state index in [2.05, 4.69) is 20.6 Å². The number of amides is 1. The Bertz CT molecular complexity index is 2200. The minimum Gasteiger partial charge on any atom is -0.324 e. The van der Waals surface area contributed by atoms with Gasteiger partial charge in [0.05, 0.1) is 51.4 Å². The fourth-order valence-electron chi connectivity index (χ4n) is 6.77. The molecule has 0 saturated heterocycles. The number of fused-ring (bicyclic) bond motifs is 2. The zero-order valence-corrected chi connectivity index (χ0v) is 30.9.